The Morgan fingerprint density at radius 2 is 2.19 bits per heavy atom. The molecule has 0 aliphatic carbocycles. The van der Waals surface area contributed by atoms with Crippen LogP contribution >= 0.6 is 0 Å². The maximum atomic E-state index is 12.2. The summed E-state index contributed by atoms with van der Waals surface area (Å²) in [5.74, 6) is -0.489. The summed E-state index contributed by atoms with van der Waals surface area (Å²) >= 11 is 0. The number of aryl methyl sites for hydroxylation is 1. The van der Waals surface area contributed by atoms with Crippen LogP contribution in [-0.4, -0.2) is 65.5 Å². The monoisotopic (exact) mass is 389 g/mol. The Kier molecular flexibility index (Phi) is 3.75. The first-order chi connectivity index (χ1) is 12.2. The van der Waals surface area contributed by atoms with Crippen molar-refractivity contribution >= 4 is 10.1 Å². The molecule has 0 unspecified atom stereocenters. The third-order valence-electron chi connectivity index (χ3n) is 5.15. The zero-order chi connectivity index (χ0) is 18.9. The molecule has 4 rings (SSSR count). The minimum atomic E-state index is -3.99. The molecule has 26 heavy (non-hydrogen) atoms. The highest BCUT2D eigenvalue weighted by Crippen LogP contribution is 2.54. The van der Waals surface area contributed by atoms with Crippen molar-refractivity contribution in [3.8, 4) is 0 Å². The Morgan fingerprint density at radius 1 is 1.46 bits per heavy atom. The van der Waals surface area contributed by atoms with Crippen LogP contribution in [0, 0.1) is 6.92 Å². The lowest BCUT2D eigenvalue weighted by Gasteiger charge is -2.37. The molecule has 12 heteroatoms. The lowest BCUT2D eigenvalue weighted by atomic mass is 9.85. The minimum absolute atomic E-state index is 0.167. The van der Waals surface area contributed by atoms with Gasteiger partial charge >= 0.3 is 5.69 Å². The van der Waals surface area contributed by atoms with E-state index in [4.69, 9.17) is 13.7 Å². The van der Waals surface area contributed by atoms with Gasteiger partial charge < -0.3 is 14.6 Å². The highest BCUT2D eigenvalue weighted by Gasteiger charge is 2.79. The highest BCUT2D eigenvalue weighted by atomic mass is 32.2. The molecule has 144 valence electrons. The van der Waals surface area contributed by atoms with E-state index in [0.717, 1.165) is 4.57 Å². The molecule has 5 atom stereocenters. The predicted molar refractivity (Wildman–Crippen MR) is 85.9 cm³/mol. The predicted octanol–water partition coefficient (Wildman–Crippen LogP) is -2.46. The van der Waals surface area contributed by atoms with E-state index < -0.39 is 56.9 Å². The summed E-state index contributed by atoms with van der Waals surface area (Å²) in [5, 5.41) is 14.0. The summed E-state index contributed by atoms with van der Waals surface area (Å²) in [4.78, 5) is 25.9. The van der Waals surface area contributed by atoms with Gasteiger partial charge in [-0.05, 0) is 13.8 Å². The van der Waals surface area contributed by atoms with Crippen molar-refractivity contribution in [2.24, 2.45) is 0 Å². The molecule has 0 aromatic carbocycles. The second-order valence-electron chi connectivity index (χ2n) is 6.66. The summed E-state index contributed by atoms with van der Waals surface area (Å²) in [6.45, 7) is 3.53. The standard InChI is InChI=1S/C14H19N3O8S/c1-3-23-13-6-26(21,22)25-14(13)8(4-15-13)24-11(9(14)18)17-5-7(2)10(19)16-12(17)20/h5,8-9,11,15,18H,3-4,6H2,1-2H3,(H,16,19,20)/t8-,9+,11-,13-,14-/m1/s1. The zero-order valence-corrected chi connectivity index (χ0v) is 14.9. The molecule has 0 amide bonds. The smallest absolute Gasteiger partial charge is 0.330 e. The van der Waals surface area contributed by atoms with E-state index in [1.165, 1.54) is 13.1 Å². The molecule has 11 nitrogen and oxygen atoms in total. The average molecular weight is 389 g/mol. The molecule has 0 bridgehead atoms. The topological polar surface area (TPSA) is 149 Å². The number of H-pyrrole nitrogens is 1. The molecule has 0 radical (unpaired) electrons. The first-order valence-electron chi connectivity index (χ1n) is 8.14. The van der Waals surface area contributed by atoms with Crippen molar-refractivity contribution in [2.45, 2.75) is 43.6 Å². The van der Waals surface area contributed by atoms with Gasteiger partial charge in [0.25, 0.3) is 15.7 Å². The molecular formula is C14H19N3O8S. The number of aliphatic hydroxyl groups is 1. The number of aliphatic hydroxyl groups excluding tert-OH is 1. The Bertz CT molecular complexity index is 967. The molecule has 3 aliphatic heterocycles. The van der Waals surface area contributed by atoms with Crippen LogP contribution in [0.2, 0.25) is 0 Å². The maximum absolute atomic E-state index is 12.2. The number of aromatic nitrogens is 2. The molecule has 1 aromatic heterocycles. The molecule has 1 aromatic rings. The largest absolute Gasteiger partial charge is 0.385 e. The quantitative estimate of drug-likeness (QED) is 0.478. The number of rotatable bonds is 3. The molecule has 3 aliphatic rings. The number of hydrogen-bond acceptors (Lipinski definition) is 9. The number of nitrogens with one attached hydrogen (secondary N) is 2. The molecule has 3 saturated heterocycles. The van der Waals surface area contributed by atoms with Crippen LogP contribution in [0.5, 0.6) is 0 Å². The Hall–Kier alpha value is -1.57. The van der Waals surface area contributed by atoms with Gasteiger partial charge in [-0.3, -0.25) is 23.8 Å². The number of nitrogens with zero attached hydrogens (tertiary/aromatic N) is 1. The number of aromatic amines is 1. The fourth-order valence-electron chi connectivity index (χ4n) is 4.11. The minimum Gasteiger partial charge on any atom is -0.385 e. The molecule has 3 fully saturated rings. The fraction of sp³-hybridized carbons (Fsp3) is 0.714. The Balaban J connectivity index is 1.84. The van der Waals surface area contributed by atoms with Gasteiger partial charge in [0.15, 0.2) is 17.6 Å². The SMILES string of the molecule is CCO[C@]12CS(=O)(=O)O[C@@]13[C@@H](CN2)O[C@@H](n1cc(C)c(=O)[nH]c1=O)[C@@H]3O. The van der Waals surface area contributed by atoms with Gasteiger partial charge in [0.05, 0.1) is 0 Å². The lowest BCUT2D eigenvalue weighted by molar-refractivity contribution is -0.169. The van der Waals surface area contributed by atoms with Crippen molar-refractivity contribution in [3.63, 3.8) is 0 Å². The molecule has 3 N–H and O–H groups in total. The molecular weight excluding hydrogens is 370 g/mol. The highest BCUT2D eigenvalue weighted by molar-refractivity contribution is 7.87. The molecule has 4 heterocycles. The van der Waals surface area contributed by atoms with E-state index in [1.807, 2.05) is 0 Å². The second-order valence-corrected chi connectivity index (χ2v) is 8.23. The lowest BCUT2D eigenvalue weighted by Crippen LogP contribution is -2.64. The first-order valence-corrected chi connectivity index (χ1v) is 9.71. The summed E-state index contributed by atoms with van der Waals surface area (Å²) < 4.78 is 42.2. The van der Waals surface area contributed by atoms with E-state index in [-0.39, 0.29) is 18.7 Å². The van der Waals surface area contributed by atoms with E-state index >= 15 is 0 Å². The van der Waals surface area contributed by atoms with E-state index in [2.05, 4.69) is 10.3 Å². The maximum Gasteiger partial charge on any atom is 0.330 e. The molecule has 0 saturated carbocycles. The van der Waals surface area contributed by atoms with Crippen molar-refractivity contribution in [2.75, 3.05) is 18.9 Å². The van der Waals surface area contributed by atoms with E-state index in [1.54, 1.807) is 6.92 Å². The van der Waals surface area contributed by atoms with Gasteiger partial charge in [-0.1, -0.05) is 0 Å². The Morgan fingerprint density at radius 3 is 2.88 bits per heavy atom. The number of hydrogen-bond donors (Lipinski definition) is 3. The second kappa shape index (κ2) is 5.47. The van der Waals surface area contributed by atoms with E-state index in [0.29, 0.717) is 0 Å². The fourth-order valence-corrected chi connectivity index (χ4v) is 5.84. The van der Waals surface area contributed by atoms with Gasteiger partial charge in [0.1, 0.15) is 18.0 Å². The van der Waals surface area contributed by atoms with Crippen LogP contribution < -0.4 is 16.6 Å². The summed E-state index contributed by atoms with van der Waals surface area (Å²) in [7, 11) is -3.99. The average Bonchev–Trinajstić information content (AvgIpc) is 3.06. The van der Waals surface area contributed by atoms with Crippen LogP contribution in [0.3, 0.4) is 0 Å². The van der Waals surface area contributed by atoms with Gasteiger partial charge in [0.2, 0.25) is 0 Å². The van der Waals surface area contributed by atoms with Crippen molar-refractivity contribution in [1.82, 2.24) is 14.9 Å². The number of ether oxygens (including phenoxy) is 2. The van der Waals surface area contributed by atoms with Gasteiger partial charge in [0, 0.05) is 24.9 Å². The van der Waals surface area contributed by atoms with Crippen molar-refractivity contribution < 1.29 is 27.2 Å². The van der Waals surface area contributed by atoms with Crippen molar-refractivity contribution in [3.05, 3.63) is 32.6 Å². The van der Waals surface area contributed by atoms with Gasteiger partial charge in [-0.2, -0.15) is 8.42 Å². The summed E-state index contributed by atoms with van der Waals surface area (Å²) in [6, 6.07) is 0. The first kappa shape index (κ1) is 17.8. The van der Waals surface area contributed by atoms with Crippen LogP contribution in [0.1, 0.15) is 18.7 Å². The van der Waals surface area contributed by atoms with Gasteiger partial charge in [-0.25, -0.2) is 4.79 Å². The van der Waals surface area contributed by atoms with Gasteiger partial charge in [-0.15, -0.1) is 0 Å². The van der Waals surface area contributed by atoms with Crippen molar-refractivity contribution in [1.29, 1.82) is 0 Å². The molecule has 1 spiro atoms. The Labute approximate surface area is 148 Å². The third-order valence-corrected chi connectivity index (χ3v) is 6.44. The van der Waals surface area contributed by atoms with Crippen LogP contribution in [0.15, 0.2) is 15.8 Å². The zero-order valence-electron chi connectivity index (χ0n) is 14.1. The third kappa shape index (κ3) is 2.14. The normalized spacial score (nSPS) is 40.5. The van der Waals surface area contributed by atoms with Crippen LogP contribution in [0.4, 0.5) is 0 Å². The summed E-state index contributed by atoms with van der Waals surface area (Å²) in [5.41, 5.74) is -4.31. The van der Waals surface area contributed by atoms with E-state index in [9.17, 15) is 23.1 Å². The van der Waals surface area contributed by atoms with Crippen LogP contribution in [0.25, 0.3) is 0 Å². The van der Waals surface area contributed by atoms with Crippen LogP contribution in [-0.2, 0) is 23.8 Å². The summed E-state index contributed by atoms with van der Waals surface area (Å²) in [6.07, 6.45) is -2.38.